The van der Waals surface area contributed by atoms with Crippen molar-refractivity contribution in [3.8, 4) is 17.2 Å². The van der Waals surface area contributed by atoms with Crippen LogP contribution in [0.25, 0.3) is 0 Å². The number of aryl methyl sites for hydroxylation is 1. The Labute approximate surface area is 237 Å². The fourth-order valence-corrected chi connectivity index (χ4v) is 3.74. The molecule has 3 rings (SSSR count). The van der Waals surface area contributed by atoms with Crippen molar-refractivity contribution in [1.29, 1.82) is 0 Å². The van der Waals surface area contributed by atoms with Crippen LogP contribution >= 0.6 is 11.6 Å². The van der Waals surface area contributed by atoms with Crippen LogP contribution in [0.2, 0.25) is 5.02 Å². The number of hydrogen-bond acceptors (Lipinski definition) is 7. The molecule has 0 fully saturated rings. The summed E-state index contributed by atoms with van der Waals surface area (Å²) >= 11 is 6.41. The molecule has 3 aromatic carbocycles. The minimum Gasteiger partial charge on any atom is -0.492 e. The summed E-state index contributed by atoms with van der Waals surface area (Å²) < 4.78 is 16.7. The van der Waals surface area contributed by atoms with Crippen LogP contribution in [0.3, 0.4) is 0 Å². The van der Waals surface area contributed by atoms with Crippen LogP contribution in [0.15, 0.2) is 65.8 Å². The number of amides is 3. The van der Waals surface area contributed by atoms with Gasteiger partial charge in [-0.15, -0.1) is 0 Å². The Morgan fingerprint density at radius 2 is 1.55 bits per heavy atom. The van der Waals surface area contributed by atoms with Gasteiger partial charge in [0.1, 0.15) is 5.75 Å². The van der Waals surface area contributed by atoms with E-state index in [2.05, 4.69) is 28.1 Å². The van der Waals surface area contributed by atoms with Crippen molar-refractivity contribution >= 4 is 46.9 Å². The third-order valence-corrected chi connectivity index (χ3v) is 5.63. The molecule has 11 heteroatoms. The van der Waals surface area contributed by atoms with Crippen molar-refractivity contribution in [2.24, 2.45) is 5.10 Å². The number of carbonyl (C=O) groups is 3. The minimum absolute atomic E-state index is 0.170. The highest BCUT2D eigenvalue weighted by atomic mass is 35.5. The van der Waals surface area contributed by atoms with E-state index >= 15 is 0 Å². The van der Waals surface area contributed by atoms with Crippen LogP contribution < -0.4 is 30.3 Å². The van der Waals surface area contributed by atoms with Gasteiger partial charge in [-0.25, -0.2) is 5.43 Å². The normalized spacial score (nSPS) is 10.6. The van der Waals surface area contributed by atoms with Gasteiger partial charge in [0.2, 0.25) is 0 Å². The second-order valence-corrected chi connectivity index (χ2v) is 8.64. The first kappa shape index (κ1) is 30.0. The van der Waals surface area contributed by atoms with Gasteiger partial charge in [-0.1, -0.05) is 42.8 Å². The van der Waals surface area contributed by atoms with Gasteiger partial charge in [0.15, 0.2) is 18.1 Å². The first-order chi connectivity index (χ1) is 19.3. The molecule has 0 spiro atoms. The number of para-hydroxylation sites is 2. The molecule has 210 valence electrons. The molecule has 3 amide bonds. The van der Waals surface area contributed by atoms with E-state index in [1.807, 2.05) is 31.2 Å². The standard InChI is InChI=1S/C29H31ClN4O6/c1-4-19-11-13-21(14-12-19)32-26(35)18-40-27-22(30)15-20(16-25(27)39-6-3)17-31-34-29(37)28(36)33-23-9-7-8-10-24(23)38-5-2/h7-17H,4-6,18H2,1-3H3,(H,32,35)(H,33,36)(H,34,37)/b31-17-. The van der Waals surface area contributed by atoms with Gasteiger partial charge in [0, 0.05) is 5.69 Å². The van der Waals surface area contributed by atoms with Gasteiger partial charge < -0.3 is 24.8 Å². The molecule has 0 radical (unpaired) electrons. The smallest absolute Gasteiger partial charge is 0.329 e. The SMILES string of the molecule is CCOc1ccccc1NC(=O)C(=O)N/N=C\c1cc(Cl)c(OCC(=O)Nc2ccc(CC)cc2)c(OCC)c1. The Morgan fingerprint density at radius 3 is 2.25 bits per heavy atom. The average molecular weight is 567 g/mol. The number of rotatable bonds is 12. The topological polar surface area (TPSA) is 127 Å². The van der Waals surface area contributed by atoms with Crippen molar-refractivity contribution < 1.29 is 28.6 Å². The lowest BCUT2D eigenvalue weighted by Crippen LogP contribution is -2.32. The predicted octanol–water partition coefficient (Wildman–Crippen LogP) is 4.81. The van der Waals surface area contributed by atoms with E-state index in [9.17, 15) is 14.4 Å². The summed E-state index contributed by atoms with van der Waals surface area (Å²) in [6, 6.07) is 17.4. The molecule has 0 saturated heterocycles. The Balaban J connectivity index is 1.60. The first-order valence-corrected chi connectivity index (χ1v) is 13.1. The Kier molecular flexibility index (Phi) is 11.3. The summed E-state index contributed by atoms with van der Waals surface area (Å²) in [5.41, 5.74) is 4.81. The zero-order valence-electron chi connectivity index (χ0n) is 22.5. The molecular weight excluding hydrogens is 536 g/mol. The van der Waals surface area contributed by atoms with Crippen molar-refractivity contribution in [2.45, 2.75) is 27.2 Å². The van der Waals surface area contributed by atoms with Gasteiger partial charge in [0.05, 0.1) is 30.1 Å². The second kappa shape index (κ2) is 15.1. The van der Waals surface area contributed by atoms with Crippen molar-refractivity contribution in [3.05, 3.63) is 76.8 Å². The highest BCUT2D eigenvalue weighted by Crippen LogP contribution is 2.36. The molecule has 0 aliphatic rings. The molecule has 0 saturated carbocycles. The van der Waals surface area contributed by atoms with E-state index in [4.69, 9.17) is 25.8 Å². The molecule has 40 heavy (non-hydrogen) atoms. The third kappa shape index (κ3) is 8.74. The van der Waals surface area contributed by atoms with Crippen molar-refractivity contribution in [1.82, 2.24) is 5.43 Å². The molecule has 0 aliphatic heterocycles. The van der Waals surface area contributed by atoms with Gasteiger partial charge >= 0.3 is 11.8 Å². The average Bonchev–Trinajstić information content (AvgIpc) is 2.94. The number of ether oxygens (including phenoxy) is 3. The second-order valence-electron chi connectivity index (χ2n) is 8.23. The minimum atomic E-state index is -0.978. The number of nitrogens with one attached hydrogen (secondary N) is 3. The number of nitrogens with zero attached hydrogens (tertiary/aromatic N) is 1. The maximum Gasteiger partial charge on any atom is 0.329 e. The number of carbonyl (C=O) groups excluding carboxylic acids is 3. The number of anilines is 2. The maximum absolute atomic E-state index is 12.4. The van der Waals surface area contributed by atoms with E-state index in [-0.39, 0.29) is 29.0 Å². The number of halogens is 1. The maximum atomic E-state index is 12.4. The number of benzene rings is 3. The Bertz CT molecular complexity index is 1360. The van der Waals surface area contributed by atoms with Gasteiger partial charge in [-0.05, 0) is 67.8 Å². The molecule has 3 aromatic rings. The number of hydrogen-bond donors (Lipinski definition) is 3. The summed E-state index contributed by atoms with van der Waals surface area (Å²) in [4.78, 5) is 36.9. The van der Waals surface area contributed by atoms with Gasteiger partial charge in [-0.2, -0.15) is 5.10 Å². The van der Waals surface area contributed by atoms with Crippen LogP contribution in [0, 0.1) is 0 Å². The molecular formula is C29H31ClN4O6. The predicted molar refractivity (Wildman–Crippen MR) is 155 cm³/mol. The highest BCUT2D eigenvalue weighted by Gasteiger charge is 2.16. The summed E-state index contributed by atoms with van der Waals surface area (Å²) in [6.45, 7) is 6.07. The molecule has 0 aromatic heterocycles. The van der Waals surface area contributed by atoms with Crippen LogP contribution in [0.4, 0.5) is 11.4 Å². The molecule has 0 unspecified atom stereocenters. The summed E-state index contributed by atoms with van der Waals surface area (Å²) in [5.74, 6) is -1.34. The monoisotopic (exact) mass is 566 g/mol. The molecule has 10 nitrogen and oxygen atoms in total. The summed E-state index contributed by atoms with van der Waals surface area (Å²) in [5, 5.41) is 9.26. The first-order valence-electron chi connectivity index (χ1n) is 12.7. The van der Waals surface area contributed by atoms with E-state index < -0.39 is 11.8 Å². The van der Waals surface area contributed by atoms with Crippen LogP contribution in [0.1, 0.15) is 31.9 Å². The summed E-state index contributed by atoms with van der Waals surface area (Å²) in [6.07, 6.45) is 2.20. The van der Waals surface area contributed by atoms with E-state index in [0.717, 1.165) is 12.0 Å². The zero-order chi connectivity index (χ0) is 28.9. The van der Waals surface area contributed by atoms with Gasteiger partial charge in [0.25, 0.3) is 5.91 Å². The molecule has 0 heterocycles. The van der Waals surface area contributed by atoms with E-state index in [1.165, 1.54) is 12.3 Å². The lowest BCUT2D eigenvalue weighted by Gasteiger charge is -2.14. The zero-order valence-corrected chi connectivity index (χ0v) is 23.2. The Morgan fingerprint density at radius 1 is 0.850 bits per heavy atom. The van der Waals surface area contributed by atoms with Crippen LogP contribution in [-0.4, -0.2) is 43.8 Å². The lowest BCUT2D eigenvalue weighted by atomic mass is 10.1. The molecule has 0 bridgehead atoms. The fraction of sp³-hybridized carbons (Fsp3) is 0.241. The molecule has 0 atom stereocenters. The Hall–Kier alpha value is -4.57. The summed E-state index contributed by atoms with van der Waals surface area (Å²) in [7, 11) is 0. The third-order valence-electron chi connectivity index (χ3n) is 5.35. The van der Waals surface area contributed by atoms with Gasteiger partial charge in [-0.3, -0.25) is 14.4 Å². The van der Waals surface area contributed by atoms with Crippen LogP contribution in [-0.2, 0) is 20.8 Å². The van der Waals surface area contributed by atoms with E-state index in [1.54, 1.807) is 37.3 Å². The quantitative estimate of drug-likeness (QED) is 0.164. The van der Waals surface area contributed by atoms with Crippen molar-refractivity contribution in [3.63, 3.8) is 0 Å². The molecule has 3 N–H and O–H groups in total. The fourth-order valence-electron chi connectivity index (χ4n) is 3.47. The van der Waals surface area contributed by atoms with Crippen LogP contribution in [0.5, 0.6) is 17.2 Å². The lowest BCUT2D eigenvalue weighted by molar-refractivity contribution is -0.136. The van der Waals surface area contributed by atoms with E-state index in [0.29, 0.717) is 35.9 Å². The van der Waals surface area contributed by atoms with Crippen molar-refractivity contribution in [2.75, 3.05) is 30.5 Å². The largest absolute Gasteiger partial charge is 0.492 e. The highest BCUT2D eigenvalue weighted by molar-refractivity contribution is 6.39. The number of hydrazone groups is 1. The molecule has 0 aliphatic carbocycles.